The van der Waals surface area contributed by atoms with Gasteiger partial charge in [-0.25, -0.2) is 0 Å². The molecule has 0 aliphatic carbocycles. The molecular weight excluding hydrogens is 460 g/mol. The summed E-state index contributed by atoms with van der Waals surface area (Å²) < 4.78 is 2.20. The number of rotatable bonds is 4. The van der Waals surface area contributed by atoms with E-state index in [1.165, 1.54) is 12.5 Å². The van der Waals surface area contributed by atoms with E-state index in [2.05, 4.69) is 53.2 Å². The van der Waals surface area contributed by atoms with E-state index in [9.17, 15) is 4.79 Å². The van der Waals surface area contributed by atoms with E-state index in [4.69, 9.17) is 16.7 Å². The molecule has 0 spiro atoms. The largest absolute Gasteiger partial charge is 0.350 e. The molecule has 2 fully saturated rings. The number of carbonyl (C=O) groups is 1. The Kier molecular flexibility index (Phi) is 6.16. The van der Waals surface area contributed by atoms with Crippen LogP contribution >= 0.6 is 11.6 Å². The van der Waals surface area contributed by atoms with Gasteiger partial charge in [-0.3, -0.25) is 14.6 Å². The molecule has 8 heteroatoms. The zero-order valence-electron chi connectivity index (χ0n) is 21.2. The fraction of sp³-hybridized carbons (Fsp3) is 0.519. The number of anilines is 1. The lowest BCUT2D eigenvalue weighted by molar-refractivity contribution is -0.127. The third-order valence-electron chi connectivity index (χ3n) is 7.95. The molecule has 5 rings (SSSR count). The number of carbonyl (C=O) groups excluding carboxylic acids is 1. The predicted molar refractivity (Wildman–Crippen MR) is 142 cm³/mol. The zero-order valence-corrected chi connectivity index (χ0v) is 22.0. The maximum absolute atomic E-state index is 12.1. The Bertz CT molecular complexity index is 1280. The van der Waals surface area contributed by atoms with E-state index in [1.807, 2.05) is 18.0 Å². The van der Waals surface area contributed by atoms with Crippen molar-refractivity contribution in [3.05, 3.63) is 41.2 Å². The Hall–Kier alpha value is -2.80. The van der Waals surface area contributed by atoms with Crippen LogP contribution in [0.25, 0.3) is 22.0 Å². The zero-order chi connectivity index (χ0) is 24.9. The topological polar surface area (TPSA) is 70.1 Å². The van der Waals surface area contributed by atoms with Crippen LogP contribution in [0, 0.1) is 13.8 Å². The van der Waals surface area contributed by atoms with Crippen LogP contribution in [0.4, 0.5) is 5.82 Å². The number of halogens is 1. The number of likely N-dealkylation sites (tertiary alicyclic amines) is 1. The van der Waals surface area contributed by atoms with Gasteiger partial charge in [-0.1, -0.05) is 18.2 Å². The van der Waals surface area contributed by atoms with Crippen LogP contribution in [0.3, 0.4) is 0 Å². The Labute approximate surface area is 212 Å². The maximum atomic E-state index is 12.1. The second-order valence-electron chi connectivity index (χ2n) is 10.6. The van der Waals surface area contributed by atoms with Crippen molar-refractivity contribution in [3.8, 4) is 11.1 Å². The molecule has 3 aromatic rings. The molecule has 1 N–H and O–H groups in total. The summed E-state index contributed by atoms with van der Waals surface area (Å²) in [6.45, 7) is 14.9. The first-order chi connectivity index (χ1) is 16.7. The number of amides is 1. The number of piperidine rings is 2. The monoisotopic (exact) mass is 494 g/mol. The highest BCUT2D eigenvalue weighted by molar-refractivity contribution is 6.36. The minimum Gasteiger partial charge on any atom is -0.350 e. The average Bonchev–Trinajstić information content (AvgIpc) is 3.43. The normalized spacial score (nSPS) is 18.9. The summed E-state index contributed by atoms with van der Waals surface area (Å²) in [4.78, 5) is 16.5. The Morgan fingerprint density at radius 2 is 1.94 bits per heavy atom. The highest BCUT2D eigenvalue weighted by Crippen LogP contribution is 2.46. The third kappa shape index (κ3) is 4.03. The molecule has 1 aromatic carbocycles. The van der Waals surface area contributed by atoms with Crippen molar-refractivity contribution in [2.45, 2.75) is 71.4 Å². The number of hydrogen-bond acceptors (Lipinski definition) is 4. The van der Waals surface area contributed by atoms with Crippen LogP contribution in [-0.4, -0.2) is 56.0 Å². The van der Waals surface area contributed by atoms with E-state index in [0.717, 1.165) is 76.4 Å². The van der Waals surface area contributed by atoms with Crippen molar-refractivity contribution in [1.29, 1.82) is 0 Å². The van der Waals surface area contributed by atoms with E-state index < -0.39 is 0 Å². The molecule has 0 unspecified atom stereocenters. The van der Waals surface area contributed by atoms with Gasteiger partial charge >= 0.3 is 0 Å². The van der Waals surface area contributed by atoms with Gasteiger partial charge in [-0.2, -0.15) is 10.2 Å². The minimum absolute atomic E-state index is 0.00415. The summed E-state index contributed by atoms with van der Waals surface area (Å²) >= 11 is 7.03. The number of nitrogens with one attached hydrogen (secondary N) is 1. The van der Waals surface area contributed by atoms with Gasteiger partial charge in [0, 0.05) is 47.4 Å². The van der Waals surface area contributed by atoms with E-state index in [1.54, 1.807) is 0 Å². The lowest BCUT2D eigenvalue weighted by atomic mass is 9.89. The van der Waals surface area contributed by atoms with Crippen molar-refractivity contribution in [2.75, 3.05) is 24.5 Å². The smallest absolute Gasteiger partial charge is 0.245 e. The quantitative estimate of drug-likeness (QED) is 0.464. The summed E-state index contributed by atoms with van der Waals surface area (Å²) in [5.74, 6) is 1.01. The maximum Gasteiger partial charge on any atom is 0.245 e. The Morgan fingerprint density at radius 1 is 1.20 bits per heavy atom. The minimum atomic E-state index is 0.00415. The highest BCUT2D eigenvalue weighted by Gasteiger charge is 2.36. The molecule has 0 bridgehead atoms. The number of aromatic amines is 1. The number of nitrogens with zero attached hydrogens (tertiary/aromatic N) is 5. The van der Waals surface area contributed by atoms with Gasteiger partial charge in [0.2, 0.25) is 5.91 Å². The fourth-order valence-electron chi connectivity index (χ4n) is 5.90. The molecule has 2 aliphatic heterocycles. The molecule has 7 nitrogen and oxygen atoms in total. The molecule has 35 heavy (non-hydrogen) atoms. The van der Waals surface area contributed by atoms with Crippen LogP contribution in [0.15, 0.2) is 24.9 Å². The van der Waals surface area contributed by atoms with Crippen molar-refractivity contribution >= 4 is 34.2 Å². The molecule has 186 valence electrons. The summed E-state index contributed by atoms with van der Waals surface area (Å²) in [5.41, 5.74) is 5.23. The summed E-state index contributed by atoms with van der Waals surface area (Å²) in [7, 11) is 0. The van der Waals surface area contributed by atoms with Crippen molar-refractivity contribution < 1.29 is 4.79 Å². The van der Waals surface area contributed by atoms with E-state index in [-0.39, 0.29) is 17.5 Å². The highest BCUT2D eigenvalue weighted by atomic mass is 35.5. The lowest BCUT2D eigenvalue weighted by Crippen LogP contribution is -2.48. The first kappa shape index (κ1) is 23.9. The van der Waals surface area contributed by atoms with Crippen LogP contribution in [-0.2, 0) is 4.79 Å². The van der Waals surface area contributed by atoms with Gasteiger partial charge in [-0.15, -0.1) is 0 Å². The molecule has 4 heterocycles. The SMILES string of the molecule is C=CC(=O)N1CCC(n2nc(N3CCCCC3(C)C)c(-c3c(Cl)c(C)cc4[nH]ncc34)c2C)CC1. The van der Waals surface area contributed by atoms with Crippen LogP contribution in [0.1, 0.15) is 63.3 Å². The first-order valence-corrected chi connectivity index (χ1v) is 13.0. The van der Waals surface area contributed by atoms with Crippen LogP contribution in [0.2, 0.25) is 5.02 Å². The second-order valence-corrected chi connectivity index (χ2v) is 11.0. The van der Waals surface area contributed by atoms with Gasteiger partial charge in [0.15, 0.2) is 5.82 Å². The van der Waals surface area contributed by atoms with Crippen LogP contribution in [0.5, 0.6) is 0 Å². The van der Waals surface area contributed by atoms with Crippen LogP contribution < -0.4 is 4.90 Å². The van der Waals surface area contributed by atoms with Gasteiger partial charge < -0.3 is 9.80 Å². The van der Waals surface area contributed by atoms with Crippen molar-refractivity contribution in [3.63, 3.8) is 0 Å². The summed E-state index contributed by atoms with van der Waals surface area (Å²) in [6, 6.07) is 2.29. The second kappa shape index (κ2) is 9.01. The fourth-order valence-corrected chi connectivity index (χ4v) is 6.15. The molecule has 2 aromatic heterocycles. The third-order valence-corrected chi connectivity index (χ3v) is 8.44. The molecule has 0 atom stereocenters. The molecule has 0 radical (unpaired) electrons. The number of fused-ring (bicyclic) bond motifs is 1. The number of benzene rings is 1. The van der Waals surface area contributed by atoms with Crippen molar-refractivity contribution in [2.24, 2.45) is 0 Å². The predicted octanol–water partition coefficient (Wildman–Crippen LogP) is 5.82. The van der Waals surface area contributed by atoms with Crippen molar-refractivity contribution in [1.82, 2.24) is 24.9 Å². The molecule has 2 saturated heterocycles. The molecule has 1 amide bonds. The van der Waals surface area contributed by atoms with E-state index >= 15 is 0 Å². The number of aryl methyl sites for hydroxylation is 1. The van der Waals surface area contributed by atoms with Gasteiger partial charge in [-0.05, 0) is 77.5 Å². The average molecular weight is 495 g/mol. The molecule has 2 aliphatic rings. The van der Waals surface area contributed by atoms with Gasteiger partial charge in [0.05, 0.1) is 22.8 Å². The van der Waals surface area contributed by atoms with E-state index in [0.29, 0.717) is 13.1 Å². The first-order valence-electron chi connectivity index (χ1n) is 12.6. The summed E-state index contributed by atoms with van der Waals surface area (Å²) in [5, 5.41) is 14.5. The molecular formula is C27H35ClN6O. The molecule has 0 saturated carbocycles. The summed E-state index contributed by atoms with van der Waals surface area (Å²) in [6.07, 6.45) is 8.52. The van der Waals surface area contributed by atoms with Gasteiger partial charge in [0.25, 0.3) is 0 Å². The number of hydrogen-bond donors (Lipinski definition) is 1. The number of H-pyrrole nitrogens is 1. The lowest BCUT2D eigenvalue weighted by Gasteiger charge is -2.43. The van der Waals surface area contributed by atoms with Gasteiger partial charge in [0.1, 0.15) is 0 Å². The Morgan fingerprint density at radius 3 is 2.63 bits per heavy atom. The Balaban J connectivity index is 1.67. The number of aromatic nitrogens is 4. The standard InChI is InChI=1S/C27H35ClN6O/c1-6-22(35)32-13-9-19(10-14-32)34-18(3)23(26(31-34)33-12-8-7-11-27(33,4)5)24-20-16-29-30-21(20)15-17(2)25(24)28/h6,15-16,19H,1,7-14H2,2-5H3,(H,29,30).